The number of nitrogens with zero attached hydrogens (tertiary/aromatic N) is 2. The summed E-state index contributed by atoms with van der Waals surface area (Å²) in [5.74, 6) is 0.0840. The van der Waals surface area contributed by atoms with E-state index in [0.29, 0.717) is 5.69 Å². The normalized spacial score (nSPS) is 14.9. The standard InChI is InChI=1S/C15H16N2OS/c1-11-16-13(15(18)17-9-5-6-10-17)14(19-11)12-7-3-2-4-8-12/h2-4,7-8H,5-6,9-10H2,1H3. The number of aromatic nitrogens is 1. The zero-order chi connectivity index (χ0) is 13.2. The van der Waals surface area contributed by atoms with E-state index < -0.39 is 0 Å². The van der Waals surface area contributed by atoms with Gasteiger partial charge in [0.2, 0.25) is 0 Å². The molecule has 3 nitrogen and oxygen atoms in total. The van der Waals surface area contributed by atoms with Gasteiger partial charge >= 0.3 is 0 Å². The molecule has 1 aliphatic rings. The van der Waals surface area contributed by atoms with Crippen LogP contribution in [0.25, 0.3) is 10.4 Å². The molecule has 0 spiro atoms. The topological polar surface area (TPSA) is 33.2 Å². The number of rotatable bonds is 2. The summed E-state index contributed by atoms with van der Waals surface area (Å²) in [6.45, 7) is 3.69. The molecule has 1 aromatic carbocycles. The Morgan fingerprint density at radius 1 is 1.21 bits per heavy atom. The summed E-state index contributed by atoms with van der Waals surface area (Å²) in [4.78, 5) is 19.9. The highest BCUT2D eigenvalue weighted by atomic mass is 32.1. The molecule has 1 aromatic heterocycles. The monoisotopic (exact) mass is 272 g/mol. The van der Waals surface area contributed by atoms with Gasteiger partial charge in [0.05, 0.1) is 9.88 Å². The van der Waals surface area contributed by atoms with Crippen molar-refractivity contribution < 1.29 is 4.79 Å². The number of carbonyl (C=O) groups excluding carboxylic acids is 1. The highest BCUT2D eigenvalue weighted by Crippen LogP contribution is 2.31. The SMILES string of the molecule is Cc1nc(C(=O)N2CCCC2)c(-c2ccccc2)s1. The first-order chi connectivity index (χ1) is 9.25. The first kappa shape index (κ1) is 12.4. The molecule has 1 saturated heterocycles. The van der Waals surface area contributed by atoms with Crippen molar-refractivity contribution in [2.45, 2.75) is 19.8 Å². The average Bonchev–Trinajstić information content (AvgIpc) is 3.08. The van der Waals surface area contributed by atoms with Crippen LogP contribution < -0.4 is 0 Å². The first-order valence-electron chi connectivity index (χ1n) is 6.58. The number of amides is 1. The van der Waals surface area contributed by atoms with Crippen molar-refractivity contribution in [3.05, 3.63) is 41.0 Å². The molecule has 0 N–H and O–H groups in total. The molecule has 3 rings (SSSR count). The van der Waals surface area contributed by atoms with Crippen LogP contribution in [0.1, 0.15) is 28.3 Å². The van der Waals surface area contributed by atoms with Crippen LogP contribution in [0.5, 0.6) is 0 Å². The highest BCUT2D eigenvalue weighted by Gasteiger charge is 2.25. The van der Waals surface area contributed by atoms with E-state index in [9.17, 15) is 4.79 Å². The van der Waals surface area contributed by atoms with Crippen molar-refractivity contribution in [3.8, 4) is 10.4 Å². The summed E-state index contributed by atoms with van der Waals surface area (Å²) in [7, 11) is 0. The van der Waals surface area contributed by atoms with Crippen molar-refractivity contribution in [1.82, 2.24) is 9.88 Å². The molecule has 0 atom stereocenters. The summed E-state index contributed by atoms with van der Waals surface area (Å²) in [6.07, 6.45) is 2.21. The Bertz CT molecular complexity index is 585. The largest absolute Gasteiger partial charge is 0.337 e. The second-order valence-electron chi connectivity index (χ2n) is 4.78. The lowest BCUT2D eigenvalue weighted by atomic mass is 10.1. The van der Waals surface area contributed by atoms with E-state index in [2.05, 4.69) is 4.98 Å². The van der Waals surface area contributed by atoms with E-state index in [1.54, 1.807) is 11.3 Å². The second kappa shape index (κ2) is 5.13. The predicted octanol–water partition coefficient (Wildman–Crippen LogP) is 3.35. The Morgan fingerprint density at radius 2 is 1.89 bits per heavy atom. The molecule has 19 heavy (non-hydrogen) atoms. The van der Waals surface area contributed by atoms with E-state index in [1.165, 1.54) is 0 Å². The van der Waals surface area contributed by atoms with Gasteiger partial charge in [-0.05, 0) is 25.3 Å². The molecular formula is C15H16N2OS. The van der Waals surface area contributed by atoms with E-state index >= 15 is 0 Å². The lowest BCUT2D eigenvalue weighted by Crippen LogP contribution is -2.28. The lowest BCUT2D eigenvalue weighted by Gasteiger charge is -2.14. The van der Waals surface area contributed by atoms with Crippen LogP contribution in [0.15, 0.2) is 30.3 Å². The molecule has 1 amide bonds. The van der Waals surface area contributed by atoms with Crippen LogP contribution in [-0.4, -0.2) is 28.9 Å². The van der Waals surface area contributed by atoms with Crippen LogP contribution in [0.2, 0.25) is 0 Å². The molecular weight excluding hydrogens is 256 g/mol. The summed E-state index contributed by atoms with van der Waals surface area (Å²) in [5, 5.41) is 0.946. The van der Waals surface area contributed by atoms with Gasteiger partial charge < -0.3 is 4.90 Å². The first-order valence-corrected chi connectivity index (χ1v) is 7.39. The second-order valence-corrected chi connectivity index (χ2v) is 5.98. The summed E-state index contributed by atoms with van der Waals surface area (Å²) in [6, 6.07) is 10.0. The van der Waals surface area contributed by atoms with E-state index in [4.69, 9.17) is 0 Å². The van der Waals surface area contributed by atoms with Crippen molar-refractivity contribution in [1.29, 1.82) is 0 Å². The molecule has 4 heteroatoms. The Hall–Kier alpha value is -1.68. The van der Waals surface area contributed by atoms with E-state index in [0.717, 1.165) is 41.4 Å². The number of carbonyl (C=O) groups is 1. The summed E-state index contributed by atoms with van der Waals surface area (Å²) >= 11 is 1.60. The smallest absolute Gasteiger partial charge is 0.273 e. The molecule has 0 aliphatic carbocycles. The van der Waals surface area contributed by atoms with Gasteiger partial charge in [0, 0.05) is 13.1 Å². The van der Waals surface area contributed by atoms with Crippen LogP contribution >= 0.6 is 11.3 Å². The Morgan fingerprint density at radius 3 is 2.58 bits per heavy atom. The fourth-order valence-electron chi connectivity index (χ4n) is 2.43. The molecule has 0 bridgehead atoms. The molecule has 1 fully saturated rings. The third-order valence-corrected chi connectivity index (χ3v) is 4.39. The minimum absolute atomic E-state index is 0.0840. The van der Waals surface area contributed by atoms with E-state index in [1.807, 2.05) is 42.2 Å². The molecule has 0 saturated carbocycles. The summed E-state index contributed by atoms with van der Waals surface area (Å²) < 4.78 is 0. The van der Waals surface area contributed by atoms with Crippen molar-refractivity contribution in [2.75, 3.05) is 13.1 Å². The lowest BCUT2D eigenvalue weighted by molar-refractivity contribution is 0.0788. The van der Waals surface area contributed by atoms with Gasteiger partial charge in [-0.15, -0.1) is 11.3 Å². The molecule has 98 valence electrons. The Labute approximate surface area is 116 Å². The fraction of sp³-hybridized carbons (Fsp3) is 0.333. The number of thiazole rings is 1. The van der Waals surface area contributed by atoms with Crippen LogP contribution in [0, 0.1) is 6.92 Å². The maximum atomic E-state index is 12.5. The van der Waals surface area contributed by atoms with Crippen molar-refractivity contribution in [2.24, 2.45) is 0 Å². The van der Waals surface area contributed by atoms with Gasteiger partial charge in [-0.2, -0.15) is 0 Å². The van der Waals surface area contributed by atoms with Crippen molar-refractivity contribution in [3.63, 3.8) is 0 Å². The third-order valence-electron chi connectivity index (χ3n) is 3.37. The molecule has 2 aromatic rings. The van der Waals surface area contributed by atoms with Crippen LogP contribution in [0.3, 0.4) is 0 Å². The van der Waals surface area contributed by atoms with Crippen molar-refractivity contribution >= 4 is 17.2 Å². The van der Waals surface area contributed by atoms with Gasteiger partial charge in [-0.25, -0.2) is 4.98 Å². The molecule has 0 radical (unpaired) electrons. The minimum atomic E-state index is 0.0840. The maximum absolute atomic E-state index is 12.5. The molecule has 1 aliphatic heterocycles. The molecule has 0 unspecified atom stereocenters. The zero-order valence-corrected chi connectivity index (χ0v) is 11.7. The van der Waals surface area contributed by atoms with Crippen LogP contribution in [0.4, 0.5) is 0 Å². The van der Waals surface area contributed by atoms with Gasteiger partial charge in [0.15, 0.2) is 0 Å². The summed E-state index contributed by atoms with van der Waals surface area (Å²) in [5.41, 5.74) is 1.70. The fourth-order valence-corrected chi connectivity index (χ4v) is 3.34. The number of likely N-dealkylation sites (tertiary alicyclic amines) is 1. The Kier molecular flexibility index (Phi) is 3.34. The third kappa shape index (κ3) is 2.40. The van der Waals surface area contributed by atoms with Crippen LogP contribution in [-0.2, 0) is 0 Å². The van der Waals surface area contributed by atoms with Gasteiger partial charge in [0.1, 0.15) is 5.69 Å². The average molecular weight is 272 g/mol. The van der Waals surface area contributed by atoms with E-state index in [-0.39, 0.29) is 5.91 Å². The molecule has 2 heterocycles. The predicted molar refractivity (Wildman–Crippen MR) is 77.4 cm³/mol. The number of benzene rings is 1. The zero-order valence-electron chi connectivity index (χ0n) is 10.9. The van der Waals surface area contributed by atoms with Gasteiger partial charge in [-0.1, -0.05) is 30.3 Å². The van der Waals surface area contributed by atoms with Gasteiger partial charge in [0.25, 0.3) is 5.91 Å². The number of aryl methyl sites for hydroxylation is 1. The minimum Gasteiger partial charge on any atom is -0.337 e. The number of hydrogen-bond acceptors (Lipinski definition) is 3. The van der Waals surface area contributed by atoms with Gasteiger partial charge in [-0.3, -0.25) is 4.79 Å². The number of hydrogen-bond donors (Lipinski definition) is 0. The highest BCUT2D eigenvalue weighted by molar-refractivity contribution is 7.15. The maximum Gasteiger partial charge on any atom is 0.273 e. The quantitative estimate of drug-likeness (QED) is 0.840. The Balaban J connectivity index is 2.00.